The smallest absolute Gasteiger partial charge is 0.410 e. The summed E-state index contributed by atoms with van der Waals surface area (Å²) in [5, 5.41) is 3.12. The van der Waals surface area contributed by atoms with Gasteiger partial charge in [-0.25, -0.2) is 9.78 Å². The molecule has 2 heterocycles. The molecule has 1 aromatic heterocycles. The maximum Gasteiger partial charge on any atom is 0.410 e. The SMILES string of the molecule is C[C@@H](c1nccs1)N(C)C[C@@H]1CCCN1C(=O)OC(C)(C)C. The zero-order valence-corrected chi connectivity index (χ0v) is 15.0. The summed E-state index contributed by atoms with van der Waals surface area (Å²) >= 11 is 1.67. The van der Waals surface area contributed by atoms with Crippen molar-refractivity contribution < 1.29 is 9.53 Å². The average molecular weight is 325 g/mol. The van der Waals surface area contributed by atoms with E-state index < -0.39 is 5.60 Å². The van der Waals surface area contributed by atoms with Gasteiger partial charge in [0.05, 0.1) is 6.04 Å². The Bertz CT molecular complexity index is 484. The van der Waals surface area contributed by atoms with Crippen LogP contribution in [0.25, 0.3) is 0 Å². The number of nitrogens with zero attached hydrogens (tertiary/aromatic N) is 3. The third-order valence-electron chi connectivity index (χ3n) is 3.97. The van der Waals surface area contributed by atoms with Crippen molar-refractivity contribution in [1.82, 2.24) is 14.8 Å². The molecule has 6 heteroatoms. The van der Waals surface area contributed by atoms with Gasteiger partial charge in [0.2, 0.25) is 0 Å². The minimum atomic E-state index is -0.440. The fourth-order valence-electron chi connectivity index (χ4n) is 2.71. The minimum Gasteiger partial charge on any atom is -0.444 e. The van der Waals surface area contributed by atoms with Gasteiger partial charge in [-0.2, -0.15) is 0 Å². The Morgan fingerprint density at radius 3 is 2.91 bits per heavy atom. The van der Waals surface area contributed by atoms with E-state index in [0.29, 0.717) is 0 Å². The van der Waals surface area contributed by atoms with Crippen molar-refractivity contribution in [2.24, 2.45) is 0 Å². The predicted molar refractivity (Wildman–Crippen MR) is 89.1 cm³/mol. The standard InChI is InChI=1S/C16H27N3O2S/c1-12(14-17-8-10-22-14)18(5)11-13-7-6-9-19(13)15(20)21-16(2,3)4/h8,10,12-13H,6-7,9,11H2,1-5H3/t12-,13-/m0/s1. The Labute approximate surface area is 137 Å². The molecule has 124 valence electrons. The molecule has 0 unspecified atom stereocenters. The molecule has 1 aliphatic heterocycles. The van der Waals surface area contributed by atoms with E-state index in [1.165, 1.54) is 0 Å². The molecule has 0 bridgehead atoms. The van der Waals surface area contributed by atoms with E-state index in [2.05, 4.69) is 23.9 Å². The van der Waals surface area contributed by atoms with Crippen LogP contribution in [0.4, 0.5) is 4.79 Å². The molecule has 22 heavy (non-hydrogen) atoms. The number of carbonyl (C=O) groups is 1. The molecule has 1 aromatic rings. The molecular formula is C16H27N3O2S. The van der Waals surface area contributed by atoms with E-state index in [1.807, 2.05) is 37.2 Å². The Morgan fingerprint density at radius 2 is 2.32 bits per heavy atom. The van der Waals surface area contributed by atoms with E-state index in [-0.39, 0.29) is 18.2 Å². The van der Waals surface area contributed by atoms with Crippen LogP contribution in [0, 0.1) is 0 Å². The number of likely N-dealkylation sites (tertiary alicyclic amines) is 1. The quantitative estimate of drug-likeness (QED) is 0.849. The van der Waals surface area contributed by atoms with Crippen LogP contribution in [0.3, 0.4) is 0 Å². The van der Waals surface area contributed by atoms with Gasteiger partial charge in [0.15, 0.2) is 0 Å². The first-order valence-electron chi connectivity index (χ1n) is 7.87. The largest absolute Gasteiger partial charge is 0.444 e. The molecule has 0 saturated carbocycles. The maximum absolute atomic E-state index is 12.3. The number of ether oxygens (including phenoxy) is 1. The van der Waals surface area contributed by atoms with Crippen LogP contribution in [0.15, 0.2) is 11.6 Å². The van der Waals surface area contributed by atoms with Gasteiger partial charge in [-0.3, -0.25) is 4.90 Å². The third kappa shape index (κ3) is 4.43. The molecule has 1 fully saturated rings. The van der Waals surface area contributed by atoms with E-state index in [0.717, 1.165) is 30.9 Å². The van der Waals surface area contributed by atoms with Crippen molar-refractivity contribution in [2.45, 2.75) is 58.2 Å². The normalized spacial score (nSPS) is 20.5. The first-order chi connectivity index (χ1) is 10.3. The van der Waals surface area contributed by atoms with Crippen molar-refractivity contribution in [3.63, 3.8) is 0 Å². The number of rotatable bonds is 4. The molecule has 2 rings (SSSR count). The van der Waals surface area contributed by atoms with E-state index in [4.69, 9.17) is 4.74 Å². The highest BCUT2D eigenvalue weighted by Crippen LogP contribution is 2.25. The number of amides is 1. The van der Waals surface area contributed by atoms with Gasteiger partial charge in [0.1, 0.15) is 10.6 Å². The molecule has 0 radical (unpaired) electrons. The summed E-state index contributed by atoms with van der Waals surface area (Å²) in [5.41, 5.74) is -0.440. The second kappa shape index (κ2) is 6.96. The fourth-order valence-corrected chi connectivity index (χ4v) is 3.47. The van der Waals surface area contributed by atoms with E-state index in [1.54, 1.807) is 11.3 Å². The molecule has 1 amide bonds. The molecule has 0 N–H and O–H groups in total. The van der Waals surface area contributed by atoms with Crippen molar-refractivity contribution >= 4 is 17.4 Å². The third-order valence-corrected chi connectivity index (χ3v) is 4.92. The van der Waals surface area contributed by atoms with Crippen LogP contribution in [-0.4, -0.2) is 52.7 Å². The van der Waals surface area contributed by atoms with Gasteiger partial charge in [-0.1, -0.05) is 0 Å². The van der Waals surface area contributed by atoms with Crippen molar-refractivity contribution in [3.8, 4) is 0 Å². The second-order valence-corrected chi connectivity index (χ2v) is 7.88. The fraction of sp³-hybridized carbons (Fsp3) is 0.750. The topological polar surface area (TPSA) is 45.7 Å². The van der Waals surface area contributed by atoms with Gasteiger partial charge < -0.3 is 9.64 Å². The van der Waals surface area contributed by atoms with Crippen LogP contribution >= 0.6 is 11.3 Å². The van der Waals surface area contributed by atoms with Gasteiger partial charge >= 0.3 is 6.09 Å². The van der Waals surface area contributed by atoms with E-state index >= 15 is 0 Å². The molecule has 1 aliphatic rings. The number of aromatic nitrogens is 1. The summed E-state index contributed by atoms with van der Waals surface area (Å²) in [7, 11) is 2.09. The van der Waals surface area contributed by atoms with Crippen molar-refractivity contribution in [3.05, 3.63) is 16.6 Å². The van der Waals surface area contributed by atoms with Gasteiger partial charge in [0.25, 0.3) is 0 Å². The Hall–Kier alpha value is -1.14. The highest BCUT2D eigenvalue weighted by Gasteiger charge is 2.33. The Balaban J connectivity index is 1.94. The Kier molecular flexibility index (Phi) is 5.45. The first kappa shape index (κ1) is 17.2. The summed E-state index contributed by atoms with van der Waals surface area (Å²) in [6, 6.07) is 0.489. The number of thiazole rings is 1. The summed E-state index contributed by atoms with van der Waals surface area (Å²) in [4.78, 5) is 20.9. The molecule has 0 spiro atoms. The summed E-state index contributed by atoms with van der Waals surface area (Å²) in [6.45, 7) is 9.52. The number of carbonyl (C=O) groups excluding carboxylic acids is 1. The lowest BCUT2D eigenvalue weighted by Gasteiger charge is -2.32. The summed E-state index contributed by atoms with van der Waals surface area (Å²) in [6.07, 6.45) is 3.73. The zero-order chi connectivity index (χ0) is 16.3. The number of hydrogen-bond acceptors (Lipinski definition) is 5. The average Bonchev–Trinajstić information content (AvgIpc) is 3.06. The highest BCUT2D eigenvalue weighted by atomic mass is 32.1. The number of likely N-dealkylation sites (N-methyl/N-ethyl adjacent to an activating group) is 1. The van der Waals surface area contributed by atoms with Gasteiger partial charge in [-0.05, 0) is 47.6 Å². The first-order valence-corrected chi connectivity index (χ1v) is 8.75. The molecule has 1 saturated heterocycles. The minimum absolute atomic E-state index is 0.190. The van der Waals surface area contributed by atoms with Crippen molar-refractivity contribution in [2.75, 3.05) is 20.1 Å². The molecule has 0 aliphatic carbocycles. The number of hydrogen-bond donors (Lipinski definition) is 0. The lowest BCUT2D eigenvalue weighted by Crippen LogP contribution is -2.44. The predicted octanol–water partition coefficient (Wildman–Crippen LogP) is 3.54. The second-order valence-electron chi connectivity index (χ2n) is 6.96. The highest BCUT2D eigenvalue weighted by molar-refractivity contribution is 7.09. The van der Waals surface area contributed by atoms with Crippen LogP contribution in [-0.2, 0) is 4.74 Å². The monoisotopic (exact) mass is 325 g/mol. The van der Waals surface area contributed by atoms with Crippen LogP contribution in [0.5, 0.6) is 0 Å². The van der Waals surface area contributed by atoms with Crippen LogP contribution in [0.2, 0.25) is 0 Å². The lowest BCUT2D eigenvalue weighted by atomic mass is 10.2. The van der Waals surface area contributed by atoms with Gasteiger partial charge in [-0.15, -0.1) is 11.3 Å². The van der Waals surface area contributed by atoms with Gasteiger partial charge in [0, 0.05) is 30.7 Å². The van der Waals surface area contributed by atoms with Crippen molar-refractivity contribution in [1.29, 1.82) is 0 Å². The summed E-state index contributed by atoms with van der Waals surface area (Å²) in [5.74, 6) is 0. The van der Waals surface area contributed by atoms with Crippen LogP contribution in [0.1, 0.15) is 51.6 Å². The summed E-state index contributed by atoms with van der Waals surface area (Å²) < 4.78 is 5.52. The van der Waals surface area contributed by atoms with E-state index in [9.17, 15) is 4.79 Å². The lowest BCUT2D eigenvalue weighted by molar-refractivity contribution is 0.0193. The molecule has 2 atom stereocenters. The molecule has 0 aromatic carbocycles. The molecule has 5 nitrogen and oxygen atoms in total. The Morgan fingerprint density at radius 1 is 1.59 bits per heavy atom. The maximum atomic E-state index is 12.3. The zero-order valence-electron chi connectivity index (χ0n) is 14.2. The molecular weight excluding hydrogens is 298 g/mol. The van der Waals surface area contributed by atoms with Crippen LogP contribution < -0.4 is 0 Å².